The van der Waals surface area contributed by atoms with E-state index in [9.17, 15) is 9.59 Å². The van der Waals surface area contributed by atoms with Crippen molar-refractivity contribution in [1.82, 2.24) is 15.1 Å². The molecule has 2 N–H and O–H groups in total. The molecule has 0 spiro atoms. The van der Waals surface area contributed by atoms with Crippen molar-refractivity contribution in [3.63, 3.8) is 0 Å². The Kier molecular flexibility index (Phi) is 2.77. The van der Waals surface area contributed by atoms with Crippen molar-refractivity contribution in [3.05, 3.63) is 36.1 Å². The maximum atomic E-state index is 11.6. The average molecular weight is 234 g/mol. The Morgan fingerprint density at radius 1 is 1.29 bits per heavy atom. The van der Waals surface area contributed by atoms with Crippen LogP contribution in [0.4, 0.5) is 5.82 Å². The lowest BCUT2D eigenvalue weighted by molar-refractivity contribution is 0.0691. The van der Waals surface area contributed by atoms with Gasteiger partial charge in [-0.3, -0.25) is 4.79 Å². The van der Waals surface area contributed by atoms with Gasteiger partial charge in [-0.15, -0.1) is 0 Å². The van der Waals surface area contributed by atoms with Crippen LogP contribution in [-0.2, 0) is 0 Å². The van der Waals surface area contributed by atoms with Crippen LogP contribution in [0, 0.1) is 0 Å². The number of hydrogen-bond donors (Lipinski definition) is 2. The number of aromatic nitrogens is 3. The molecule has 0 aliphatic rings. The number of aromatic carboxylic acids is 1. The molecule has 8 nitrogen and oxygen atoms in total. The lowest BCUT2D eigenvalue weighted by Crippen LogP contribution is -2.17. The zero-order valence-corrected chi connectivity index (χ0v) is 8.32. The summed E-state index contributed by atoms with van der Waals surface area (Å²) in [4.78, 5) is 29.7. The molecule has 86 valence electrons. The Morgan fingerprint density at radius 2 is 2.06 bits per heavy atom. The highest BCUT2D eigenvalue weighted by Crippen LogP contribution is 2.09. The summed E-state index contributed by atoms with van der Waals surface area (Å²) >= 11 is 0. The first-order valence-corrected chi connectivity index (χ1v) is 4.44. The summed E-state index contributed by atoms with van der Waals surface area (Å²) in [5, 5.41) is 14.5. The lowest BCUT2D eigenvalue weighted by atomic mass is 10.3. The second-order valence-corrected chi connectivity index (χ2v) is 2.90. The summed E-state index contributed by atoms with van der Waals surface area (Å²) in [6.07, 6.45) is 3.71. The fraction of sp³-hybridized carbons (Fsp3) is 0. The van der Waals surface area contributed by atoms with Crippen molar-refractivity contribution >= 4 is 17.7 Å². The molecule has 0 radical (unpaired) electrons. The van der Waals surface area contributed by atoms with Crippen LogP contribution in [0.5, 0.6) is 0 Å². The van der Waals surface area contributed by atoms with Gasteiger partial charge in [0, 0.05) is 18.5 Å². The average Bonchev–Trinajstić information content (AvgIpc) is 2.83. The van der Waals surface area contributed by atoms with E-state index in [1.807, 2.05) is 0 Å². The first-order chi connectivity index (χ1) is 8.18. The summed E-state index contributed by atoms with van der Waals surface area (Å²) in [6, 6.07) is 1.34. The molecule has 0 bridgehead atoms. The number of carboxylic acid groups (broad SMARTS) is 1. The maximum absolute atomic E-state index is 11.6. The van der Waals surface area contributed by atoms with E-state index < -0.39 is 11.9 Å². The number of nitrogens with one attached hydrogen (secondary N) is 1. The fourth-order valence-corrected chi connectivity index (χ4v) is 1.09. The molecular weight excluding hydrogens is 228 g/mol. The quantitative estimate of drug-likeness (QED) is 0.789. The zero-order chi connectivity index (χ0) is 12.3. The van der Waals surface area contributed by atoms with Gasteiger partial charge in [0.25, 0.3) is 5.91 Å². The molecule has 1 amide bonds. The van der Waals surface area contributed by atoms with E-state index in [1.165, 1.54) is 24.7 Å². The fourth-order valence-electron chi connectivity index (χ4n) is 1.09. The van der Waals surface area contributed by atoms with Gasteiger partial charge in [0.1, 0.15) is 6.26 Å². The Labute approximate surface area is 94.3 Å². The number of amides is 1. The molecule has 0 atom stereocenters. The molecule has 0 saturated carbocycles. The lowest BCUT2D eigenvalue weighted by Gasteiger charge is -2.03. The van der Waals surface area contributed by atoms with Crippen molar-refractivity contribution in [2.75, 3.05) is 5.32 Å². The largest absolute Gasteiger partial charge is 0.476 e. The molecule has 0 fully saturated rings. The van der Waals surface area contributed by atoms with E-state index in [1.54, 1.807) is 0 Å². The standard InChI is InChI=1S/C9H6N4O4/c14-8(5-1-4-17-13-5)12-7-6(9(15)16)10-2-3-11-7/h1-4H,(H,15,16)(H,11,12,14). The highest BCUT2D eigenvalue weighted by molar-refractivity contribution is 6.05. The molecule has 2 rings (SSSR count). The van der Waals surface area contributed by atoms with Crippen LogP contribution in [0.1, 0.15) is 21.0 Å². The summed E-state index contributed by atoms with van der Waals surface area (Å²) in [5.41, 5.74) is -0.323. The molecule has 0 saturated heterocycles. The normalized spacial score (nSPS) is 9.88. The van der Waals surface area contributed by atoms with Crippen LogP contribution in [0.3, 0.4) is 0 Å². The first kappa shape index (κ1) is 10.7. The van der Waals surface area contributed by atoms with E-state index in [0.717, 1.165) is 0 Å². The Morgan fingerprint density at radius 3 is 2.71 bits per heavy atom. The summed E-state index contributed by atoms with van der Waals surface area (Å²) < 4.78 is 4.49. The van der Waals surface area contributed by atoms with E-state index in [4.69, 9.17) is 5.11 Å². The monoisotopic (exact) mass is 234 g/mol. The molecule has 0 aliphatic heterocycles. The molecule has 0 aromatic carbocycles. The van der Waals surface area contributed by atoms with Crippen molar-refractivity contribution in [2.24, 2.45) is 0 Å². The minimum atomic E-state index is -1.28. The van der Waals surface area contributed by atoms with Crippen molar-refractivity contribution in [3.8, 4) is 0 Å². The predicted octanol–water partition coefficient (Wildman–Crippen LogP) is 0.415. The second kappa shape index (κ2) is 4.39. The van der Waals surface area contributed by atoms with Gasteiger partial charge in [0.15, 0.2) is 17.2 Å². The van der Waals surface area contributed by atoms with Crippen LogP contribution in [0.2, 0.25) is 0 Å². The number of anilines is 1. The van der Waals surface area contributed by atoms with Gasteiger partial charge in [-0.1, -0.05) is 5.16 Å². The van der Waals surface area contributed by atoms with Crippen LogP contribution in [0.25, 0.3) is 0 Å². The van der Waals surface area contributed by atoms with Crippen LogP contribution >= 0.6 is 0 Å². The van der Waals surface area contributed by atoms with E-state index in [0.29, 0.717) is 0 Å². The van der Waals surface area contributed by atoms with Gasteiger partial charge in [0.2, 0.25) is 0 Å². The molecule has 2 aromatic heterocycles. The molecular formula is C9H6N4O4. The number of carbonyl (C=O) groups excluding carboxylic acids is 1. The Hall–Kier alpha value is -2.77. The maximum Gasteiger partial charge on any atom is 0.358 e. The van der Waals surface area contributed by atoms with E-state index in [-0.39, 0.29) is 17.2 Å². The molecule has 0 aliphatic carbocycles. The van der Waals surface area contributed by atoms with Gasteiger partial charge in [-0.05, 0) is 0 Å². The Bertz CT molecular complexity index is 552. The molecule has 17 heavy (non-hydrogen) atoms. The third-order valence-corrected chi connectivity index (χ3v) is 1.80. The topological polar surface area (TPSA) is 118 Å². The van der Waals surface area contributed by atoms with Crippen molar-refractivity contribution in [1.29, 1.82) is 0 Å². The third kappa shape index (κ3) is 2.25. The van der Waals surface area contributed by atoms with Crippen molar-refractivity contribution < 1.29 is 19.2 Å². The highest BCUT2D eigenvalue weighted by Gasteiger charge is 2.17. The number of nitrogens with zero attached hydrogens (tertiary/aromatic N) is 3. The molecule has 2 heterocycles. The predicted molar refractivity (Wildman–Crippen MR) is 53.4 cm³/mol. The first-order valence-electron chi connectivity index (χ1n) is 4.44. The van der Waals surface area contributed by atoms with Gasteiger partial charge >= 0.3 is 5.97 Å². The number of carboxylic acids is 1. The van der Waals surface area contributed by atoms with Crippen LogP contribution in [-0.4, -0.2) is 32.1 Å². The summed E-state index contributed by atoms with van der Waals surface area (Å²) in [5.74, 6) is -2.05. The highest BCUT2D eigenvalue weighted by atomic mass is 16.5. The smallest absolute Gasteiger partial charge is 0.358 e. The second-order valence-electron chi connectivity index (χ2n) is 2.90. The number of rotatable bonds is 3. The third-order valence-electron chi connectivity index (χ3n) is 1.80. The van der Waals surface area contributed by atoms with Crippen LogP contribution in [0.15, 0.2) is 29.2 Å². The molecule has 0 unspecified atom stereocenters. The minimum Gasteiger partial charge on any atom is -0.476 e. The van der Waals surface area contributed by atoms with Gasteiger partial charge < -0.3 is 14.9 Å². The Balaban J connectivity index is 2.25. The van der Waals surface area contributed by atoms with Crippen LogP contribution < -0.4 is 5.32 Å². The summed E-state index contributed by atoms with van der Waals surface area (Å²) in [7, 11) is 0. The van der Waals surface area contributed by atoms with Gasteiger partial charge in [0.05, 0.1) is 0 Å². The van der Waals surface area contributed by atoms with Gasteiger partial charge in [-0.2, -0.15) is 0 Å². The number of carbonyl (C=O) groups is 2. The van der Waals surface area contributed by atoms with Gasteiger partial charge in [-0.25, -0.2) is 14.8 Å². The van der Waals surface area contributed by atoms with Crippen molar-refractivity contribution in [2.45, 2.75) is 0 Å². The van der Waals surface area contributed by atoms with E-state index in [2.05, 4.69) is 25.0 Å². The summed E-state index contributed by atoms with van der Waals surface area (Å²) in [6.45, 7) is 0. The molecule has 8 heteroatoms. The zero-order valence-electron chi connectivity index (χ0n) is 8.32. The SMILES string of the molecule is O=C(Nc1nccnc1C(=O)O)c1ccon1. The minimum absolute atomic E-state index is 0.0204. The van der Waals surface area contributed by atoms with E-state index >= 15 is 0 Å². The number of hydrogen-bond acceptors (Lipinski definition) is 6. The molecule has 2 aromatic rings.